The van der Waals surface area contributed by atoms with Crippen molar-refractivity contribution in [3.63, 3.8) is 0 Å². The Kier molecular flexibility index (Phi) is 7.09. The minimum atomic E-state index is -0.296. The van der Waals surface area contributed by atoms with E-state index < -0.39 is 0 Å². The molecule has 0 aliphatic heterocycles. The smallest absolute Gasteiger partial charge is 0.323 e. The van der Waals surface area contributed by atoms with E-state index in [4.69, 9.17) is 4.98 Å². The number of thioether (sulfide) groups is 1. The Hall–Kier alpha value is -4.30. The van der Waals surface area contributed by atoms with Crippen LogP contribution in [0.5, 0.6) is 0 Å². The molecular formula is C29H28N6OS. The highest BCUT2D eigenvalue weighted by Crippen LogP contribution is 2.28. The van der Waals surface area contributed by atoms with Gasteiger partial charge in [0.1, 0.15) is 0 Å². The summed E-state index contributed by atoms with van der Waals surface area (Å²) in [5.41, 5.74) is 6.36. The fourth-order valence-electron chi connectivity index (χ4n) is 4.14. The fourth-order valence-corrected chi connectivity index (χ4v) is 4.69. The highest BCUT2D eigenvalue weighted by atomic mass is 32.2. The van der Waals surface area contributed by atoms with Crippen LogP contribution in [0.2, 0.25) is 0 Å². The van der Waals surface area contributed by atoms with Crippen molar-refractivity contribution in [1.82, 2.24) is 14.4 Å². The van der Waals surface area contributed by atoms with Gasteiger partial charge in [0.05, 0.1) is 11.4 Å². The van der Waals surface area contributed by atoms with Crippen molar-refractivity contribution in [2.75, 3.05) is 28.8 Å². The molecule has 8 heteroatoms. The Morgan fingerprint density at radius 3 is 2.65 bits per heavy atom. The zero-order valence-corrected chi connectivity index (χ0v) is 21.8. The first kappa shape index (κ1) is 24.4. The van der Waals surface area contributed by atoms with E-state index in [0.717, 1.165) is 33.3 Å². The van der Waals surface area contributed by atoms with Gasteiger partial charge in [-0.15, -0.1) is 11.8 Å². The van der Waals surface area contributed by atoms with Crippen molar-refractivity contribution in [3.8, 4) is 11.3 Å². The predicted molar refractivity (Wildman–Crippen MR) is 153 cm³/mol. The number of nitrogens with one attached hydrogen (secondary N) is 2. The number of urea groups is 1. The van der Waals surface area contributed by atoms with E-state index in [-0.39, 0.29) is 6.03 Å². The van der Waals surface area contributed by atoms with Gasteiger partial charge in [-0.25, -0.2) is 14.8 Å². The number of aromatic nitrogens is 3. The second-order valence-electron chi connectivity index (χ2n) is 8.81. The SMILES string of the molecule is CSc1ccccc1NC(=O)Nc1cccc(-c2cn3ccnc3c(N(C)Cc3ccc(C)cc3)n2)c1. The van der Waals surface area contributed by atoms with Gasteiger partial charge in [-0.3, -0.25) is 0 Å². The molecule has 37 heavy (non-hydrogen) atoms. The maximum Gasteiger partial charge on any atom is 0.323 e. The maximum absolute atomic E-state index is 12.7. The third-order valence-corrected chi connectivity index (χ3v) is 6.83. The number of carbonyl (C=O) groups excluding carboxylic acids is 1. The van der Waals surface area contributed by atoms with Gasteiger partial charge in [-0.2, -0.15) is 0 Å². The molecule has 2 N–H and O–H groups in total. The molecule has 5 rings (SSSR count). The number of anilines is 3. The van der Waals surface area contributed by atoms with Gasteiger partial charge in [0.2, 0.25) is 0 Å². The number of hydrogen-bond acceptors (Lipinski definition) is 5. The topological polar surface area (TPSA) is 74.6 Å². The van der Waals surface area contributed by atoms with Gasteiger partial charge in [-0.1, -0.05) is 54.1 Å². The lowest BCUT2D eigenvalue weighted by atomic mass is 10.1. The summed E-state index contributed by atoms with van der Waals surface area (Å²) >= 11 is 1.59. The first-order valence-corrected chi connectivity index (χ1v) is 13.1. The van der Waals surface area contributed by atoms with Crippen LogP contribution in [0.1, 0.15) is 11.1 Å². The third-order valence-electron chi connectivity index (χ3n) is 6.03. The monoisotopic (exact) mass is 508 g/mol. The predicted octanol–water partition coefficient (Wildman–Crippen LogP) is 6.71. The van der Waals surface area contributed by atoms with Crippen molar-refractivity contribution < 1.29 is 4.79 Å². The van der Waals surface area contributed by atoms with Crippen LogP contribution < -0.4 is 15.5 Å². The normalized spacial score (nSPS) is 10.9. The number of hydrogen-bond donors (Lipinski definition) is 2. The van der Waals surface area contributed by atoms with E-state index >= 15 is 0 Å². The number of aryl methyl sites for hydroxylation is 1. The molecule has 0 aliphatic carbocycles. The van der Waals surface area contributed by atoms with E-state index in [1.165, 1.54) is 11.1 Å². The lowest BCUT2D eigenvalue weighted by Crippen LogP contribution is -2.20. The van der Waals surface area contributed by atoms with Crippen molar-refractivity contribution >= 4 is 40.6 Å². The van der Waals surface area contributed by atoms with Crippen LogP contribution in [0, 0.1) is 6.92 Å². The Morgan fingerprint density at radius 1 is 1.03 bits per heavy atom. The highest BCUT2D eigenvalue weighted by Gasteiger charge is 2.14. The first-order chi connectivity index (χ1) is 18.0. The standard InChI is InChI=1S/C29H28N6OS/c1-20-11-13-21(14-12-20)18-34(2)28-27-30-15-16-35(27)19-25(32-28)22-7-6-8-23(17-22)31-29(36)33-24-9-4-5-10-26(24)37-3/h4-17,19H,18H2,1-3H3,(H2,31,33,36). The summed E-state index contributed by atoms with van der Waals surface area (Å²) in [6.07, 6.45) is 7.64. The number of carbonyl (C=O) groups is 1. The van der Waals surface area contributed by atoms with Gasteiger partial charge < -0.3 is 19.9 Å². The van der Waals surface area contributed by atoms with E-state index in [9.17, 15) is 4.79 Å². The second-order valence-corrected chi connectivity index (χ2v) is 9.66. The van der Waals surface area contributed by atoms with E-state index in [1.54, 1.807) is 18.0 Å². The molecule has 0 saturated carbocycles. The van der Waals surface area contributed by atoms with E-state index in [0.29, 0.717) is 12.2 Å². The molecule has 0 fully saturated rings. The molecule has 0 atom stereocenters. The van der Waals surface area contributed by atoms with Crippen molar-refractivity contribution in [2.45, 2.75) is 18.4 Å². The average molecular weight is 509 g/mol. The van der Waals surface area contributed by atoms with Crippen LogP contribution in [-0.2, 0) is 6.54 Å². The number of imidazole rings is 1. The largest absolute Gasteiger partial charge is 0.352 e. The molecule has 0 bridgehead atoms. The number of benzene rings is 3. The lowest BCUT2D eigenvalue weighted by molar-refractivity contribution is 0.262. The fraction of sp³-hybridized carbons (Fsp3) is 0.138. The molecule has 7 nitrogen and oxygen atoms in total. The molecular weight excluding hydrogens is 480 g/mol. The summed E-state index contributed by atoms with van der Waals surface area (Å²) < 4.78 is 1.98. The molecule has 0 unspecified atom stereocenters. The van der Waals surface area contributed by atoms with Crippen LogP contribution >= 0.6 is 11.8 Å². The quantitative estimate of drug-likeness (QED) is 0.239. The minimum absolute atomic E-state index is 0.296. The molecule has 3 aromatic carbocycles. The van der Waals surface area contributed by atoms with E-state index in [1.807, 2.05) is 78.6 Å². The molecule has 0 radical (unpaired) electrons. The number of amides is 2. The summed E-state index contributed by atoms with van der Waals surface area (Å²) in [4.78, 5) is 25.3. The van der Waals surface area contributed by atoms with Crippen LogP contribution in [0.4, 0.5) is 22.0 Å². The molecule has 5 aromatic rings. The Morgan fingerprint density at radius 2 is 1.84 bits per heavy atom. The number of para-hydroxylation sites is 1. The summed E-state index contributed by atoms with van der Waals surface area (Å²) in [6, 6.07) is 23.6. The molecule has 0 saturated heterocycles. The zero-order valence-electron chi connectivity index (χ0n) is 21.0. The van der Waals surface area contributed by atoms with E-state index in [2.05, 4.69) is 51.7 Å². The van der Waals surface area contributed by atoms with Crippen LogP contribution in [0.15, 0.2) is 96.3 Å². The van der Waals surface area contributed by atoms with Crippen LogP contribution in [0.3, 0.4) is 0 Å². The second kappa shape index (κ2) is 10.8. The Balaban J connectivity index is 1.39. The maximum atomic E-state index is 12.7. The van der Waals surface area contributed by atoms with Gasteiger partial charge in [0.25, 0.3) is 0 Å². The Labute approximate surface area is 220 Å². The van der Waals surface area contributed by atoms with Gasteiger partial charge in [0, 0.05) is 48.3 Å². The number of nitrogens with zero attached hydrogens (tertiary/aromatic N) is 4. The highest BCUT2D eigenvalue weighted by molar-refractivity contribution is 7.98. The lowest BCUT2D eigenvalue weighted by Gasteiger charge is -2.20. The summed E-state index contributed by atoms with van der Waals surface area (Å²) in [6.45, 7) is 2.79. The van der Waals surface area contributed by atoms with Gasteiger partial charge >= 0.3 is 6.03 Å². The van der Waals surface area contributed by atoms with Crippen molar-refractivity contribution in [3.05, 3.63) is 103 Å². The number of rotatable bonds is 7. The molecule has 0 spiro atoms. The van der Waals surface area contributed by atoms with Crippen LogP contribution in [-0.4, -0.2) is 33.7 Å². The minimum Gasteiger partial charge on any atom is -0.352 e. The van der Waals surface area contributed by atoms with Crippen molar-refractivity contribution in [1.29, 1.82) is 0 Å². The third kappa shape index (κ3) is 5.59. The van der Waals surface area contributed by atoms with Gasteiger partial charge in [0.15, 0.2) is 11.5 Å². The molecule has 2 heterocycles. The molecule has 2 amide bonds. The molecule has 2 aromatic heterocycles. The summed E-state index contributed by atoms with van der Waals surface area (Å²) in [5.74, 6) is 0.785. The molecule has 0 aliphatic rings. The average Bonchev–Trinajstić information content (AvgIpc) is 3.39. The first-order valence-electron chi connectivity index (χ1n) is 11.9. The van der Waals surface area contributed by atoms with Crippen LogP contribution in [0.25, 0.3) is 16.9 Å². The summed E-state index contributed by atoms with van der Waals surface area (Å²) in [7, 11) is 2.02. The zero-order chi connectivity index (χ0) is 25.8. The van der Waals surface area contributed by atoms with Gasteiger partial charge in [-0.05, 0) is 43.0 Å². The Bertz CT molecular complexity index is 1550. The summed E-state index contributed by atoms with van der Waals surface area (Å²) in [5, 5.41) is 5.88. The number of fused-ring (bicyclic) bond motifs is 1. The van der Waals surface area contributed by atoms with Crippen molar-refractivity contribution in [2.24, 2.45) is 0 Å². The molecule has 186 valence electrons.